The third-order valence-corrected chi connectivity index (χ3v) is 5.28. The summed E-state index contributed by atoms with van der Waals surface area (Å²) in [7, 11) is 1.32. The lowest BCUT2D eigenvalue weighted by atomic mass is 10.1. The smallest absolute Gasteiger partial charge is 0.331 e. The van der Waals surface area contributed by atoms with Gasteiger partial charge in [-0.3, -0.25) is 0 Å². The SMILES string of the molecule is COC(=O)CO[C@@H]1CO[C@H]2[C@@H]1OC[C@@H]2n1nnnc1SCc1ccco1. The van der Waals surface area contributed by atoms with E-state index in [0.29, 0.717) is 24.1 Å². The Morgan fingerprint density at radius 3 is 3.08 bits per heavy atom. The summed E-state index contributed by atoms with van der Waals surface area (Å²) in [6, 6.07) is 3.59. The predicted molar refractivity (Wildman–Crippen MR) is 86.4 cm³/mol. The van der Waals surface area contributed by atoms with Crippen LogP contribution in [-0.4, -0.2) is 71.4 Å². The number of methoxy groups -OCH3 is 1. The molecule has 2 aliphatic rings. The number of furan rings is 1. The fourth-order valence-corrected chi connectivity index (χ4v) is 3.88. The molecule has 0 unspecified atom stereocenters. The molecule has 2 fully saturated rings. The van der Waals surface area contributed by atoms with E-state index in [4.69, 9.17) is 18.6 Å². The molecule has 11 heteroatoms. The first-order chi connectivity index (χ1) is 12.8. The first-order valence-corrected chi connectivity index (χ1v) is 9.09. The van der Waals surface area contributed by atoms with Gasteiger partial charge in [0.2, 0.25) is 5.16 Å². The van der Waals surface area contributed by atoms with Gasteiger partial charge in [-0.05, 0) is 22.6 Å². The molecule has 10 nitrogen and oxygen atoms in total. The van der Waals surface area contributed by atoms with Gasteiger partial charge in [0.25, 0.3) is 0 Å². The summed E-state index contributed by atoms with van der Waals surface area (Å²) in [5.41, 5.74) is 0. The topological polar surface area (TPSA) is 111 Å². The molecule has 2 saturated heterocycles. The van der Waals surface area contributed by atoms with Gasteiger partial charge < -0.3 is 23.4 Å². The third-order valence-electron chi connectivity index (χ3n) is 4.33. The lowest BCUT2D eigenvalue weighted by molar-refractivity contribution is -0.150. The molecule has 2 aliphatic heterocycles. The van der Waals surface area contributed by atoms with Crippen molar-refractivity contribution in [3.8, 4) is 0 Å². The zero-order valence-corrected chi connectivity index (χ0v) is 14.8. The lowest BCUT2D eigenvalue weighted by Crippen LogP contribution is -2.33. The zero-order valence-electron chi connectivity index (χ0n) is 14.0. The molecule has 4 rings (SSSR count). The van der Waals surface area contributed by atoms with E-state index in [-0.39, 0.29) is 31.0 Å². The van der Waals surface area contributed by atoms with Gasteiger partial charge in [0.05, 0.1) is 32.3 Å². The van der Waals surface area contributed by atoms with Crippen molar-refractivity contribution in [2.24, 2.45) is 0 Å². The number of hydrogen-bond donors (Lipinski definition) is 0. The molecule has 4 heterocycles. The zero-order chi connectivity index (χ0) is 17.9. The molecule has 0 bridgehead atoms. The molecule has 4 atom stereocenters. The van der Waals surface area contributed by atoms with Gasteiger partial charge >= 0.3 is 5.97 Å². The number of rotatable bonds is 7. The molecule has 0 N–H and O–H groups in total. The quantitative estimate of drug-likeness (QED) is 0.494. The third kappa shape index (κ3) is 3.47. The fourth-order valence-electron chi connectivity index (χ4n) is 3.05. The molecular weight excluding hydrogens is 364 g/mol. The van der Waals surface area contributed by atoms with Crippen LogP contribution >= 0.6 is 11.8 Å². The van der Waals surface area contributed by atoms with E-state index in [1.165, 1.54) is 18.9 Å². The van der Waals surface area contributed by atoms with Crippen molar-refractivity contribution < 1.29 is 28.2 Å². The van der Waals surface area contributed by atoms with E-state index in [9.17, 15) is 4.79 Å². The highest BCUT2D eigenvalue weighted by Crippen LogP contribution is 2.36. The van der Waals surface area contributed by atoms with Gasteiger partial charge in [-0.25, -0.2) is 9.48 Å². The normalized spacial score (nSPS) is 27.6. The molecule has 0 aromatic carbocycles. The van der Waals surface area contributed by atoms with Gasteiger partial charge in [0.15, 0.2) is 0 Å². The number of ether oxygens (including phenoxy) is 4. The Labute approximate surface area is 153 Å². The van der Waals surface area contributed by atoms with E-state index in [1.807, 2.05) is 12.1 Å². The monoisotopic (exact) mass is 382 g/mol. The number of carbonyl (C=O) groups excluding carboxylic acids is 1. The Morgan fingerprint density at radius 2 is 2.27 bits per heavy atom. The molecule has 0 saturated carbocycles. The van der Waals surface area contributed by atoms with Crippen LogP contribution in [0.5, 0.6) is 0 Å². The van der Waals surface area contributed by atoms with Gasteiger partial charge in [-0.2, -0.15) is 0 Å². The van der Waals surface area contributed by atoms with Crippen molar-refractivity contribution >= 4 is 17.7 Å². The molecule has 2 aromatic rings. The van der Waals surface area contributed by atoms with Crippen LogP contribution in [0.25, 0.3) is 0 Å². The summed E-state index contributed by atoms with van der Waals surface area (Å²) in [6.45, 7) is 0.628. The van der Waals surface area contributed by atoms with Crippen LogP contribution in [0, 0.1) is 0 Å². The lowest BCUT2D eigenvalue weighted by Gasteiger charge is -2.17. The van der Waals surface area contributed by atoms with Crippen molar-refractivity contribution in [1.82, 2.24) is 20.2 Å². The Kier molecular flexibility index (Phi) is 5.20. The highest BCUT2D eigenvalue weighted by atomic mass is 32.2. The minimum absolute atomic E-state index is 0.128. The van der Waals surface area contributed by atoms with Crippen LogP contribution in [0.1, 0.15) is 11.8 Å². The molecule has 0 aliphatic carbocycles. The molecule has 2 aromatic heterocycles. The molecular formula is C15H18N4O6S. The molecule has 0 amide bonds. The minimum atomic E-state index is -0.430. The number of tetrazole rings is 1. The van der Waals surface area contributed by atoms with E-state index < -0.39 is 5.97 Å². The fraction of sp³-hybridized carbons (Fsp3) is 0.600. The van der Waals surface area contributed by atoms with Crippen LogP contribution < -0.4 is 0 Å². The van der Waals surface area contributed by atoms with Crippen LogP contribution in [0.3, 0.4) is 0 Å². The van der Waals surface area contributed by atoms with Crippen molar-refractivity contribution in [3.63, 3.8) is 0 Å². The van der Waals surface area contributed by atoms with Crippen LogP contribution in [0.4, 0.5) is 0 Å². The summed E-state index contributed by atoms with van der Waals surface area (Å²) < 4.78 is 28.9. The van der Waals surface area contributed by atoms with E-state index in [0.717, 1.165) is 5.76 Å². The molecule has 26 heavy (non-hydrogen) atoms. The van der Waals surface area contributed by atoms with Gasteiger partial charge in [-0.15, -0.1) is 5.10 Å². The number of nitrogens with zero attached hydrogens (tertiary/aromatic N) is 4. The Bertz CT molecular complexity index is 738. The predicted octanol–water partition coefficient (Wildman–Crippen LogP) is 0.455. The minimum Gasteiger partial charge on any atom is -0.468 e. The number of esters is 1. The summed E-state index contributed by atoms with van der Waals surface area (Å²) in [6.07, 6.45) is 0.815. The number of fused-ring (bicyclic) bond motifs is 1. The van der Waals surface area contributed by atoms with Gasteiger partial charge in [-0.1, -0.05) is 11.8 Å². The molecule has 0 radical (unpaired) electrons. The van der Waals surface area contributed by atoms with E-state index in [1.54, 1.807) is 10.9 Å². The van der Waals surface area contributed by atoms with Crippen molar-refractivity contribution in [2.75, 3.05) is 26.9 Å². The van der Waals surface area contributed by atoms with Crippen LogP contribution in [-0.2, 0) is 29.5 Å². The van der Waals surface area contributed by atoms with Crippen LogP contribution in [0.2, 0.25) is 0 Å². The average molecular weight is 382 g/mol. The maximum Gasteiger partial charge on any atom is 0.331 e. The summed E-state index contributed by atoms with van der Waals surface area (Å²) >= 11 is 1.48. The van der Waals surface area contributed by atoms with Gasteiger partial charge in [0, 0.05) is 0 Å². The summed E-state index contributed by atoms with van der Waals surface area (Å²) in [4.78, 5) is 11.3. The second-order valence-electron chi connectivity index (χ2n) is 5.86. The largest absolute Gasteiger partial charge is 0.468 e. The highest BCUT2D eigenvalue weighted by Gasteiger charge is 2.50. The first-order valence-electron chi connectivity index (χ1n) is 8.11. The highest BCUT2D eigenvalue weighted by molar-refractivity contribution is 7.98. The Hall–Kier alpha value is -1.95. The van der Waals surface area contributed by atoms with Crippen molar-refractivity contribution in [1.29, 1.82) is 0 Å². The first kappa shape index (κ1) is 17.5. The van der Waals surface area contributed by atoms with Crippen LogP contribution in [0.15, 0.2) is 28.0 Å². The number of hydrogen-bond acceptors (Lipinski definition) is 10. The Morgan fingerprint density at radius 1 is 1.38 bits per heavy atom. The number of thioether (sulfide) groups is 1. The summed E-state index contributed by atoms with van der Waals surface area (Å²) in [5, 5.41) is 12.6. The van der Waals surface area contributed by atoms with Crippen molar-refractivity contribution in [2.45, 2.75) is 35.3 Å². The second-order valence-corrected chi connectivity index (χ2v) is 6.81. The Balaban J connectivity index is 1.39. The number of aromatic nitrogens is 4. The van der Waals surface area contributed by atoms with Gasteiger partial charge in [0.1, 0.15) is 36.7 Å². The maximum atomic E-state index is 11.3. The average Bonchev–Trinajstić information content (AvgIpc) is 3.42. The standard InChI is InChI=1S/C15H18N4O6S/c1-21-12(20)7-23-11-6-25-13-10(5-24-14(11)13)19-15(16-17-18-19)26-8-9-3-2-4-22-9/h2-4,10-11,13-14H,5-8H2,1H3/t10-,11+,13+,14+/m0/s1. The second kappa shape index (κ2) is 7.74. The summed E-state index contributed by atoms with van der Waals surface area (Å²) in [5.74, 6) is 1.04. The molecule has 0 spiro atoms. The van der Waals surface area contributed by atoms with Crippen molar-refractivity contribution in [3.05, 3.63) is 24.2 Å². The van der Waals surface area contributed by atoms with E-state index in [2.05, 4.69) is 20.3 Å². The number of carbonyl (C=O) groups is 1. The van der Waals surface area contributed by atoms with E-state index >= 15 is 0 Å². The maximum absolute atomic E-state index is 11.3. The molecule has 140 valence electrons.